The number of aromatic nitrogens is 4. The molecule has 0 amide bonds. The molecule has 0 saturated heterocycles. The summed E-state index contributed by atoms with van der Waals surface area (Å²) in [5.74, 6) is 1.48. The first-order valence-corrected chi connectivity index (χ1v) is 10.6. The van der Waals surface area contributed by atoms with Crippen molar-refractivity contribution in [2.75, 3.05) is 20.3 Å². The molecule has 1 N–H and O–H groups in total. The second-order valence-corrected chi connectivity index (χ2v) is 7.99. The molecule has 4 aromatic rings. The van der Waals surface area contributed by atoms with Crippen LogP contribution in [0.1, 0.15) is 0 Å². The highest BCUT2D eigenvalue weighted by Gasteiger charge is 2.15. The maximum absolute atomic E-state index is 12.2. The number of sulfonamides is 1. The van der Waals surface area contributed by atoms with E-state index in [9.17, 15) is 8.42 Å². The number of hydrogen-bond acceptors (Lipinski definition) is 7. The van der Waals surface area contributed by atoms with Gasteiger partial charge in [0.05, 0.1) is 17.6 Å². The third-order valence-electron chi connectivity index (χ3n) is 4.28. The van der Waals surface area contributed by atoms with Crippen LogP contribution in [-0.2, 0) is 10.0 Å². The Morgan fingerprint density at radius 2 is 1.73 bits per heavy atom. The first kappa shape index (κ1) is 19.8. The first-order valence-electron chi connectivity index (χ1n) is 9.12. The summed E-state index contributed by atoms with van der Waals surface area (Å²) >= 11 is 0. The lowest BCUT2D eigenvalue weighted by Gasteiger charge is -2.09. The summed E-state index contributed by atoms with van der Waals surface area (Å²) in [5, 5.41) is 12.7. The second kappa shape index (κ2) is 8.47. The highest BCUT2D eigenvalue weighted by Crippen LogP contribution is 2.28. The Morgan fingerprint density at radius 3 is 2.53 bits per heavy atom. The monoisotopic (exact) mass is 425 g/mol. The Balaban J connectivity index is 1.47. The standard InChI is InChI=1S/C20H19N5O4S/c1-28-17-10-6-5-9-16(17)20-23-22-18-11-12-19(24-25(18)20)29-14-13-21-30(26,27)15-7-3-2-4-8-15/h2-12,21H,13-14H2,1H3. The van der Waals surface area contributed by atoms with E-state index in [1.807, 2.05) is 24.3 Å². The van der Waals surface area contributed by atoms with Gasteiger partial charge in [-0.25, -0.2) is 13.1 Å². The van der Waals surface area contributed by atoms with Crippen LogP contribution in [-0.4, -0.2) is 48.5 Å². The van der Waals surface area contributed by atoms with Crippen molar-refractivity contribution in [3.05, 3.63) is 66.7 Å². The van der Waals surface area contributed by atoms with E-state index < -0.39 is 10.0 Å². The minimum Gasteiger partial charge on any atom is -0.496 e. The van der Waals surface area contributed by atoms with Gasteiger partial charge in [0, 0.05) is 12.6 Å². The molecule has 0 saturated carbocycles. The Hall–Kier alpha value is -3.50. The van der Waals surface area contributed by atoms with Gasteiger partial charge in [0.2, 0.25) is 15.9 Å². The SMILES string of the molecule is COc1ccccc1-c1nnc2ccc(OCCNS(=O)(=O)c3ccccc3)nn12. The summed E-state index contributed by atoms with van der Waals surface area (Å²) in [5.41, 5.74) is 1.29. The maximum Gasteiger partial charge on any atom is 0.240 e. The van der Waals surface area contributed by atoms with Gasteiger partial charge in [-0.15, -0.1) is 15.3 Å². The topological polar surface area (TPSA) is 108 Å². The lowest BCUT2D eigenvalue weighted by Crippen LogP contribution is -2.28. The number of nitrogens with zero attached hydrogens (tertiary/aromatic N) is 4. The molecule has 10 heteroatoms. The van der Waals surface area contributed by atoms with E-state index in [1.54, 1.807) is 42.0 Å². The van der Waals surface area contributed by atoms with Crippen molar-refractivity contribution in [1.29, 1.82) is 0 Å². The van der Waals surface area contributed by atoms with Crippen LogP contribution in [0.2, 0.25) is 0 Å². The third-order valence-corrected chi connectivity index (χ3v) is 5.76. The predicted molar refractivity (Wildman–Crippen MR) is 110 cm³/mol. The van der Waals surface area contributed by atoms with Crippen LogP contribution >= 0.6 is 0 Å². The van der Waals surface area contributed by atoms with Crippen molar-refractivity contribution in [3.8, 4) is 23.0 Å². The summed E-state index contributed by atoms with van der Waals surface area (Å²) < 4.78 is 39.5. The minimum atomic E-state index is -3.58. The van der Waals surface area contributed by atoms with E-state index in [-0.39, 0.29) is 18.0 Å². The molecule has 154 valence electrons. The molecule has 2 heterocycles. The Labute approximate surface area is 173 Å². The molecule has 0 spiro atoms. The van der Waals surface area contributed by atoms with Crippen molar-refractivity contribution in [3.63, 3.8) is 0 Å². The smallest absolute Gasteiger partial charge is 0.240 e. The van der Waals surface area contributed by atoms with Gasteiger partial charge < -0.3 is 9.47 Å². The van der Waals surface area contributed by atoms with Crippen molar-refractivity contribution in [2.24, 2.45) is 0 Å². The molecule has 2 aromatic heterocycles. The molecule has 30 heavy (non-hydrogen) atoms. The number of nitrogens with one attached hydrogen (secondary N) is 1. The van der Waals surface area contributed by atoms with Crippen LogP contribution in [0, 0.1) is 0 Å². The Morgan fingerprint density at radius 1 is 0.967 bits per heavy atom. The zero-order chi connectivity index (χ0) is 21.0. The zero-order valence-corrected chi connectivity index (χ0v) is 16.9. The quantitative estimate of drug-likeness (QED) is 0.431. The van der Waals surface area contributed by atoms with E-state index >= 15 is 0 Å². The van der Waals surface area contributed by atoms with Crippen LogP contribution in [0.5, 0.6) is 11.6 Å². The first-order chi connectivity index (χ1) is 14.6. The van der Waals surface area contributed by atoms with Crippen molar-refractivity contribution >= 4 is 15.7 Å². The number of fused-ring (bicyclic) bond motifs is 1. The summed E-state index contributed by atoms with van der Waals surface area (Å²) in [6.07, 6.45) is 0. The Bertz CT molecular complexity index is 1260. The molecular formula is C20H19N5O4S. The second-order valence-electron chi connectivity index (χ2n) is 6.22. The van der Waals surface area contributed by atoms with Gasteiger partial charge in [-0.2, -0.15) is 4.52 Å². The molecule has 0 radical (unpaired) electrons. The molecule has 0 fully saturated rings. The van der Waals surface area contributed by atoms with Gasteiger partial charge in [0.1, 0.15) is 12.4 Å². The van der Waals surface area contributed by atoms with Crippen LogP contribution in [0.3, 0.4) is 0 Å². The number of ether oxygens (including phenoxy) is 2. The van der Waals surface area contributed by atoms with Gasteiger partial charge in [0.25, 0.3) is 0 Å². The average molecular weight is 425 g/mol. The van der Waals surface area contributed by atoms with Crippen molar-refractivity contribution in [1.82, 2.24) is 24.5 Å². The molecule has 0 bridgehead atoms. The van der Waals surface area contributed by atoms with Gasteiger partial charge >= 0.3 is 0 Å². The Kier molecular flexibility index (Phi) is 5.59. The van der Waals surface area contributed by atoms with Crippen LogP contribution in [0.15, 0.2) is 71.6 Å². The lowest BCUT2D eigenvalue weighted by atomic mass is 10.2. The third kappa shape index (κ3) is 4.09. The number of methoxy groups -OCH3 is 1. The molecule has 0 atom stereocenters. The van der Waals surface area contributed by atoms with Crippen molar-refractivity contribution < 1.29 is 17.9 Å². The summed E-state index contributed by atoms with van der Waals surface area (Å²) in [6.45, 7) is 0.204. The molecule has 0 unspecified atom stereocenters. The zero-order valence-electron chi connectivity index (χ0n) is 16.1. The van der Waals surface area contributed by atoms with Gasteiger partial charge in [-0.3, -0.25) is 0 Å². The molecule has 0 aliphatic carbocycles. The van der Waals surface area contributed by atoms with Crippen LogP contribution < -0.4 is 14.2 Å². The molecular weight excluding hydrogens is 406 g/mol. The lowest BCUT2D eigenvalue weighted by molar-refractivity contribution is 0.306. The summed E-state index contributed by atoms with van der Waals surface area (Å²) in [4.78, 5) is 0.204. The molecule has 0 aliphatic rings. The molecule has 4 rings (SSSR count). The highest BCUT2D eigenvalue weighted by atomic mass is 32.2. The van der Waals surface area contributed by atoms with E-state index in [4.69, 9.17) is 9.47 Å². The number of hydrogen-bond donors (Lipinski definition) is 1. The fourth-order valence-electron chi connectivity index (χ4n) is 2.86. The number of benzene rings is 2. The van der Waals surface area contributed by atoms with E-state index in [0.717, 1.165) is 5.56 Å². The highest BCUT2D eigenvalue weighted by molar-refractivity contribution is 7.89. The van der Waals surface area contributed by atoms with E-state index in [2.05, 4.69) is 20.0 Å². The van der Waals surface area contributed by atoms with Gasteiger partial charge in [-0.05, 0) is 30.3 Å². The average Bonchev–Trinajstić information content (AvgIpc) is 3.20. The maximum atomic E-state index is 12.2. The van der Waals surface area contributed by atoms with Crippen LogP contribution in [0.4, 0.5) is 0 Å². The molecule has 9 nitrogen and oxygen atoms in total. The molecule has 0 aliphatic heterocycles. The van der Waals surface area contributed by atoms with Crippen molar-refractivity contribution in [2.45, 2.75) is 4.90 Å². The fraction of sp³-hybridized carbons (Fsp3) is 0.150. The van der Waals surface area contributed by atoms with E-state index in [1.165, 1.54) is 12.1 Å². The number of rotatable bonds is 8. The normalized spacial score (nSPS) is 11.5. The minimum absolute atomic E-state index is 0.0957. The fourth-order valence-corrected chi connectivity index (χ4v) is 3.90. The molecule has 2 aromatic carbocycles. The van der Waals surface area contributed by atoms with Gasteiger partial charge in [0.15, 0.2) is 11.5 Å². The number of para-hydroxylation sites is 1. The largest absolute Gasteiger partial charge is 0.496 e. The van der Waals surface area contributed by atoms with Gasteiger partial charge in [-0.1, -0.05) is 30.3 Å². The van der Waals surface area contributed by atoms with E-state index in [0.29, 0.717) is 23.1 Å². The summed E-state index contributed by atoms with van der Waals surface area (Å²) in [6, 6.07) is 19.0. The summed E-state index contributed by atoms with van der Waals surface area (Å²) in [7, 11) is -2.00. The predicted octanol–water partition coefficient (Wildman–Crippen LogP) is 2.16. The van der Waals surface area contributed by atoms with Crippen LogP contribution in [0.25, 0.3) is 17.0 Å².